The Hall–Kier alpha value is -0.930. The summed E-state index contributed by atoms with van der Waals surface area (Å²) in [4.78, 5) is 0. The van der Waals surface area contributed by atoms with Gasteiger partial charge in [-0.2, -0.15) is 0 Å². The van der Waals surface area contributed by atoms with Crippen LogP contribution in [0.3, 0.4) is 0 Å². The van der Waals surface area contributed by atoms with E-state index < -0.39 is 16.1 Å². The number of methoxy groups -OCH3 is 2. The van der Waals surface area contributed by atoms with Crippen LogP contribution in [0, 0.1) is 0 Å². The van der Waals surface area contributed by atoms with Gasteiger partial charge in [0.05, 0.1) is 17.0 Å². The summed E-state index contributed by atoms with van der Waals surface area (Å²) in [7, 11) is -0.451. The van der Waals surface area contributed by atoms with Crippen LogP contribution in [0.25, 0.3) is 0 Å². The van der Waals surface area contributed by atoms with Crippen molar-refractivity contribution < 1.29 is 17.9 Å². The molecule has 0 fully saturated rings. The summed E-state index contributed by atoms with van der Waals surface area (Å²) in [6.07, 6.45) is -0.436. The van der Waals surface area contributed by atoms with E-state index in [1.807, 2.05) is 24.3 Å². The Morgan fingerprint density at radius 2 is 1.95 bits per heavy atom. The number of ether oxygens (including phenoxy) is 2. The SMILES string of the molecule is COc1ccccc1[C@H](CNS(=O)(=O)c1ccc(Br)s1)OC. The number of para-hydroxylation sites is 1. The van der Waals surface area contributed by atoms with Crippen molar-refractivity contribution in [1.82, 2.24) is 4.72 Å². The average Bonchev–Trinajstić information content (AvgIpc) is 2.96. The molecule has 2 aromatic rings. The first-order valence-electron chi connectivity index (χ1n) is 6.38. The van der Waals surface area contributed by atoms with Crippen molar-refractivity contribution in [3.63, 3.8) is 0 Å². The van der Waals surface area contributed by atoms with Crippen LogP contribution in [0.15, 0.2) is 44.4 Å². The molecule has 22 heavy (non-hydrogen) atoms. The standard InChI is InChI=1S/C14H16BrNO4S2/c1-19-11-6-4-3-5-10(11)12(20-2)9-16-22(17,18)14-8-7-13(15)21-14/h3-8,12,16H,9H2,1-2H3/t12-/m0/s1. The third-order valence-corrected chi connectivity index (χ3v) is 6.58. The molecule has 0 aliphatic heterocycles. The highest BCUT2D eigenvalue weighted by Gasteiger charge is 2.21. The van der Waals surface area contributed by atoms with Gasteiger partial charge in [-0.3, -0.25) is 0 Å². The minimum Gasteiger partial charge on any atom is -0.496 e. The molecule has 1 aromatic heterocycles. The maximum Gasteiger partial charge on any atom is 0.250 e. The number of hydrogen-bond donors (Lipinski definition) is 1. The zero-order valence-corrected chi connectivity index (χ0v) is 15.3. The van der Waals surface area contributed by atoms with Crippen molar-refractivity contribution in [2.45, 2.75) is 10.3 Å². The maximum atomic E-state index is 12.2. The van der Waals surface area contributed by atoms with E-state index in [1.54, 1.807) is 19.2 Å². The molecule has 8 heteroatoms. The number of benzene rings is 1. The molecule has 0 saturated carbocycles. The van der Waals surface area contributed by atoms with Gasteiger partial charge in [-0.25, -0.2) is 13.1 Å². The zero-order chi connectivity index (χ0) is 16.2. The van der Waals surface area contributed by atoms with Crippen LogP contribution in [0.4, 0.5) is 0 Å². The van der Waals surface area contributed by atoms with Crippen molar-refractivity contribution in [3.05, 3.63) is 45.7 Å². The van der Waals surface area contributed by atoms with E-state index in [0.717, 1.165) is 20.7 Å². The first-order chi connectivity index (χ1) is 10.5. The average molecular weight is 406 g/mol. The number of rotatable bonds is 7. The zero-order valence-electron chi connectivity index (χ0n) is 12.1. The first-order valence-corrected chi connectivity index (χ1v) is 9.48. The number of halogens is 1. The lowest BCUT2D eigenvalue weighted by Crippen LogP contribution is -2.29. The topological polar surface area (TPSA) is 64.6 Å². The molecule has 1 N–H and O–H groups in total. The summed E-state index contributed by atoms with van der Waals surface area (Å²) in [5, 5.41) is 0. The maximum absolute atomic E-state index is 12.2. The van der Waals surface area contributed by atoms with Gasteiger partial charge in [-0.15, -0.1) is 11.3 Å². The highest BCUT2D eigenvalue weighted by molar-refractivity contribution is 9.11. The summed E-state index contributed by atoms with van der Waals surface area (Å²) >= 11 is 4.42. The Labute approximate surface area is 142 Å². The molecule has 1 aromatic carbocycles. The molecule has 0 amide bonds. The molecule has 0 spiro atoms. The van der Waals surface area contributed by atoms with Crippen molar-refractivity contribution in [3.8, 4) is 5.75 Å². The number of thiophene rings is 1. The molecule has 1 heterocycles. The summed E-state index contributed by atoms with van der Waals surface area (Å²) < 4.78 is 38.8. The first kappa shape index (κ1) is 17.4. The fourth-order valence-electron chi connectivity index (χ4n) is 1.95. The van der Waals surface area contributed by atoms with Crippen LogP contribution in [0.5, 0.6) is 5.75 Å². The fraction of sp³-hybridized carbons (Fsp3) is 0.286. The molecular formula is C14H16BrNO4S2. The molecule has 0 aliphatic carbocycles. The Morgan fingerprint density at radius 1 is 1.23 bits per heavy atom. The van der Waals surface area contributed by atoms with Crippen LogP contribution in [0.2, 0.25) is 0 Å². The van der Waals surface area contributed by atoms with Crippen LogP contribution in [-0.4, -0.2) is 29.2 Å². The summed E-state index contributed by atoms with van der Waals surface area (Å²) in [5.74, 6) is 0.660. The predicted molar refractivity (Wildman–Crippen MR) is 90.0 cm³/mol. The largest absolute Gasteiger partial charge is 0.496 e. The van der Waals surface area contributed by atoms with Gasteiger partial charge < -0.3 is 9.47 Å². The monoisotopic (exact) mass is 405 g/mol. The van der Waals surface area contributed by atoms with Crippen molar-refractivity contribution >= 4 is 37.3 Å². The molecule has 5 nitrogen and oxygen atoms in total. The lowest BCUT2D eigenvalue weighted by molar-refractivity contribution is 0.105. The van der Waals surface area contributed by atoms with E-state index in [4.69, 9.17) is 9.47 Å². The highest BCUT2D eigenvalue weighted by atomic mass is 79.9. The second kappa shape index (κ2) is 7.56. The van der Waals surface area contributed by atoms with Gasteiger partial charge in [-0.1, -0.05) is 18.2 Å². The molecule has 2 rings (SSSR count). The Kier molecular flexibility index (Phi) is 5.99. The number of sulfonamides is 1. The van der Waals surface area contributed by atoms with Gasteiger partial charge in [0, 0.05) is 19.2 Å². The van der Waals surface area contributed by atoms with Crippen LogP contribution >= 0.6 is 27.3 Å². The van der Waals surface area contributed by atoms with Crippen LogP contribution in [-0.2, 0) is 14.8 Å². The molecule has 0 aliphatic rings. The molecule has 120 valence electrons. The van der Waals surface area contributed by atoms with E-state index in [1.165, 1.54) is 7.11 Å². The van der Waals surface area contributed by atoms with Crippen LogP contribution in [0.1, 0.15) is 11.7 Å². The molecule has 1 atom stereocenters. The quantitative estimate of drug-likeness (QED) is 0.767. The van der Waals surface area contributed by atoms with Crippen molar-refractivity contribution in [1.29, 1.82) is 0 Å². The molecular weight excluding hydrogens is 390 g/mol. The summed E-state index contributed by atoms with van der Waals surface area (Å²) in [6.45, 7) is 0.120. The number of hydrogen-bond acceptors (Lipinski definition) is 5. The van der Waals surface area contributed by atoms with Crippen molar-refractivity contribution in [2.24, 2.45) is 0 Å². The minimum atomic E-state index is -3.55. The summed E-state index contributed by atoms with van der Waals surface area (Å²) in [5.41, 5.74) is 0.794. The van der Waals surface area contributed by atoms with Crippen molar-refractivity contribution in [2.75, 3.05) is 20.8 Å². The normalized spacial score (nSPS) is 13.0. The Balaban J connectivity index is 2.14. The Bertz CT molecular complexity index is 730. The van der Waals surface area contributed by atoms with Crippen LogP contribution < -0.4 is 9.46 Å². The van der Waals surface area contributed by atoms with E-state index in [2.05, 4.69) is 20.7 Å². The van der Waals surface area contributed by atoms with Gasteiger partial charge in [0.1, 0.15) is 9.96 Å². The van der Waals surface area contributed by atoms with Gasteiger partial charge in [0.2, 0.25) is 10.0 Å². The molecule has 0 radical (unpaired) electrons. The predicted octanol–water partition coefficient (Wildman–Crippen LogP) is 3.19. The molecule has 0 bridgehead atoms. The van der Waals surface area contributed by atoms with E-state index >= 15 is 0 Å². The second-order valence-corrected chi connectivity index (χ2v) is 8.83. The third-order valence-electron chi connectivity index (χ3n) is 3.04. The lowest BCUT2D eigenvalue weighted by atomic mass is 10.1. The number of nitrogens with one attached hydrogen (secondary N) is 1. The van der Waals surface area contributed by atoms with Gasteiger partial charge in [0.25, 0.3) is 0 Å². The molecule has 0 saturated heterocycles. The highest BCUT2D eigenvalue weighted by Crippen LogP contribution is 2.28. The fourth-order valence-corrected chi connectivity index (χ4v) is 5.04. The lowest BCUT2D eigenvalue weighted by Gasteiger charge is -2.18. The van der Waals surface area contributed by atoms with Gasteiger partial charge >= 0.3 is 0 Å². The minimum absolute atomic E-state index is 0.120. The van der Waals surface area contributed by atoms with E-state index in [0.29, 0.717) is 5.75 Å². The third kappa shape index (κ3) is 4.08. The van der Waals surface area contributed by atoms with E-state index in [-0.39, 0.29) is 10.8 Å². The van der Waals surface area contributed by atoms with E-state index in [9.17, 15) is 8.42 Å². The second-order valence-electron chi connectivity index (χ2n) is 4.38. The summed E-state index contributed by atoms with van der Waals surface area (Å²) in [6, 6.07) is 10.6. The Morgan fingerprint density at radius 3 is 2.55 bits per heavy atom. The van der Waals surface area contributed by atoms with Gasteiger partial charge in [0.15, 0.2) is 0 Å². The molecule has 0 unspecified atom stereocenters. The van der Waals surface area contributed by atoms with Gasteiger partial charge in [-0.05, 0) is 34.1 Å². The smallest absolute Gasteiger partial charge is 0.250 e.